The van der Waals surface area contributed by atoms with Gasteiger partial charge in [-0.25, -0.2) is 0 Å². The third kappa shape index (κ3) is 2.47. The van der Waals surface area contributed by atoms with E-state index in [2.05, 4.69) is 15.5 Å². The van der Waals surface area contributed by atoms with Gasteiger partial charge < -0.3 is 9.73 Å². The summed E-state index contributed by atoms with van der Waals surface area (Å²) in [5, 5.41) is 18.6. The van der Waals surface area contributed by atoms with Gasteiger partial charge in [-0.05, 0) is 37.3 Å². The van der Waals surface area contributed by atoms with Crippen LogP contribution >= 0.6 is 0 Å². The van der Waals surface area contributed by atoms with Crippen LogP contribution in [-0.2, 0) is 0 Å². The van der Waals surface area contributed by atoms with E-state index in [9.17, 15) is 4.79 Å². The number of nitrogens with zero attached hydrogens (tertiary/aromatic N) is 2. The van der Waals surface area contributed by atoms with Crippen molar-refractivity contribution in [1.82, 2.24) is 10.2 Å². The van der Waals surface area contributed by atoms with Gasteiger partial charge in [-0.15, -0.1) is 0 Å². The third-order valence-electron chi connectivity index (χ3n) is 3.18. The second-order valence-corrected chi connectivity index (χ2v) is 4.70. The molecule has 3 rings (SSSR count). The fourth-order valence-corrected chi connectivity index (χ4v) is 2.16. The van der Waals surface area contributed by atoms with E-state index < -0.39 is 0 Å². The average Bonchev–Trinajstić information content (AvgIpc) is 3.16. The zero-order chi connectivity index (χ0) is 15.5. The van der Waals surface area contributed by atoms with E-state index >= 15 is 0 Å². The molecule has 1 amide bonds. The Labute approximate surface area is 126 Å². The minimum Gasteiger partial charge on any atom is -0.463 e. The Hall–Kier alpha value is -3.33. The molecule has 2 N–H and O–H groups in total. The summed E-state index contributed by atoms with van der Waals surface area (Å²) in [7, 11) is 0. The quantitative estimate of drug-likeness (QED) is 0.775. The van der Waals surface area contributed by atoms with Crippen molar-refractivity contribution in [1.29, 1.82) is 5.26 Å². The summed E-state index contributed by atoms with van der Waals surface area (Å²) >= 11 is 0. The molecular formula is C16H12N4O2. The summed E-state index contributed by atoms with van der Waals surface area (Å²) in [5.41, 5.74) is 2.54. The van der Waals surface area contributed by atoms with Crippen LogP contribution in [0.15, 0.2) is 47.1 Å². The highest BCUT2D eigenvalue weighted by molar-refractivity contribution is 6.08. The summed E-state index contributed by atoms with van der Waals surface area (Å²) in [4.78, 5) is 12.5. The van der Waals surface area contributed by atoms with E-state index in [1.807, 2.05) is 6.07 Å². The molecule has 0 aliphatic rings. The molecule has 0 bridgehead atoms. The van der Waals surface area contributed by atoms with Crippen LogP contribution in [0.3, 0.4) is 0 Å². The number of aromatic amines is 1. The molecule has 0 aliphatic carbocycles. The molecule has 2 heterocycles. The van der Waals surface area contributed by atoms with Gasteiger partial charge in [0.1, 0.15) is 5.69 Å². The van der Waals surface area contributed by atoms with Gasteiger partial charge in [0.2, 0.25) is 0 Å². The van der Waals surface area contributed by atoms with Crippen molar-refractivity contribution < 1.29 is 9.21 Å². The molecule has 22 heavy (non-hydrogen) atoms. The van der Waals surface area contributed by atoms with Gasteiger partial charge in [0, 0.05) is 11.4 Å². The number of hydrogen-bond acceptors (Lipinski definition) is 4. The first-order chi connectivity index (χ1) is 10.7. The number of aromatic nitrogens is 2. The highest BCUT2D eigenvalue weighted by Gasteiger charge is 2.21. The van der Waals surface area contributed by atoms with Crippen LogP contribution in [0.2, 0.25) is 0 Å². The summed E-state index contributed by atoms with van der Waals surface area (Å²) in [5.74, 6) is 0.202. The van der Waals surface area contributed by atoms with Gasteiger partial charge in [-0.3, -0.25) is 9.89 Å². The molecule has 0 atom stereocenters. The Kier molecular flexibility index (Phi) is 3.46. The van der Waals surface area contributed by atoms with Crippen LogP contribution in [0.25, 0.3) is 11.5 Å². The number of carbonyl (C=O) groups is 1. The number of aryl methyl sites for hydroxylation is 1. The Morgan fingerprint density at radius 2 is 2.23 bits per heavy atom. The first kappa shape index (κ1) is 13.6. The molecule has 1 aromatic carbocycles. The Morgan fingerprint density at radius 3 is 2.95 bits per heavy atom. The molecule has 6 nitrogen and oxygen atoms in total. The van der Waals surface area contributed by atoms with E-state index in [4.69, 9.17) is 9.68 Å². The van der Waals surface area contributed by atoms with Crippen LogP contribution in [0.1, 0.15) is 21.6 Å². The Balaban J connectivity index is 1.93. The summed E-state index contributed by atoms with van der Waals surface area (Å²) in [6, 6.07) is 12.2. The fraction of sp³-hybridized carbons (Fsp3) is 0.0625. The molecule has 0 saturated carbocycles. The topological polar surface area (TPSA) is 94.7 Å². The molecule has 0 unspecified atom stereocenters. The second kappa shape index (κ2) is 5.58. The molecule has 0 spiro atoms. The number of furan rings is 1. The van der Waals surface area contributed by atoms with Crippen LogP contribution in [0, 0.1) is 18.3 Å². The minimum atomic E-state index is -0.312. The molecule has 108 valence electrons. The maximum Gasteiger partial charge on any atom is 0.259 e. The van der Waals surface area contributed by atoms with E-state index in [1.54, 1.807) is 43.3 Å². The number of hydrogen-bond donors (Lipinski definition) is 2. The zero-order valence-electron chi connectivity index (χ0n) is 11.8. The average molecular weight is 292 g/mol. The van der Waals surface area contributed by atoms with Crippen molar-refractivity contribution in [2.45, 2.75) is 6.92 Å². The predicted molar refractivity (Wildman–Crippen MR) is 80.1 cm³/mol. The lowest BCUT2D eigenvalue weighted by molar-refractivity contribution is 0.102. The maximum absolute atomic E-state index is 12.5. The van der Waals surface area contributed by atoms with Crippen LogP contribution in [0.5, 0.6) is 0 Å². The van der Waals surface area contributed by atoms with Crippen LogP contribution in [-0.4, -0.2) is 16.1 Å². The second-order valence-electron chi connectivity index (χ2n) is 4.70. The molecule has 6 heteroatoms. The van der Waals surface area contributed by atoms with Crippen molar-refractivity contribution in [2.24, 2.45) is 0 Å². The summed E-state index contributed by atoms with van der Waals surface area (Å²) < 4.78 is 5.30. The number of anilines is 1. The molecule has 2 aromatic heterocycles. The smallest absolute Gasteiger partial charge is 0.259 e. The lowest BCUT2D eigenvalue weighted by atomic mass is 10.1. The van der Waals surface area contributed by atoms with Gasteiger partial charge in [-0.2, -0.15) is 10.4 Å². The summed E-state index contributed by atoms with van der Waals surface area (Å²) in [6.45, 7) is 1.76. The third-order valence-corrected chi connectivity index (χ3v) is 3.18. The van der Waals surface area contributed by atoms with Gasteiger partial charge in [0.15, 0.2) is 5.76 Å². The molecule has 3 aromatic rings. The predicted octanol–water partition coefficient (Wildman–Crippen LogP) is 3.10. The van der Waals surface area contributed by atoms with Gasteiger partial charge in [0.25, 0.3) is 5.91 Å². The minimum absolute atomic E-state index is 0.312. The number of amides is 1. The zero-order valence-corrected chi connectivity index (χ0v) is 11.8. The van der Waals surface area contributed by atoms with Gasteiger partial charge in [-0.1, -0.05) is 6.07 Å². The van der Waals surface area contributed by atoms with Gasteiger partial charge in [0.05, 0.1) is 23.5 Å². The molecule has 0 saturated heterocycles. The lowest BCUT2D eigenvalue weighted by Crippen LogP contribution is -2.13. The van der Waals surface area contributed by atoms with Crippen molar-refractivity contribution in [3.8, 4) is 17.5 Å². The van der Waals surface area contributed by atoms with E-state index in [-0.39, 0.29) is 5.91 Å². The number of carbonyl (C=O) groups excluding carboxylic acids is 1. The Morgan fingerprint density at radius 1 is 1.36 bits per heavy atom. The number of benzene rings is 1. The Bertz CT molecular complexity index is 857. The van der Waals surface area contributed by atoms with Crippen molar-refractivity contribution in [3.63, 3.8) is 0 Å². The van der Waals surface area contributed by atoms with Crippen molar-refractivity contribution in [3.05, 3.63) is 59.5 Å². The standard InChI is InChI=1S/C16H12N4O2/c1-10-14(15(20-19-10)13-6-3-7-22-13)16(21)18-12-5-2-4-11(8-12)9-17/h2-8H,1H3,(H,18,21)(H,19,20). The first-order valence-corrected chi connectivity index (χ1v) is 6.59. The number of nitriles is 1. The molecular weight excluding hydrogens is 280 g/mol. The molecule has 0 aliphatic heterocycles. The summed E-state index contributed by atoms with van der Waals surface area (Å²) in [6.07, 6.45) is 1.53. The molecule has 0 fully saturated rings. The fourth-order valence-electron chi connectivity index (χ4n) is 2.16. The largest absolute Gasteiger partial charge is 0.463 e. The highest BCUT2D eigenvalue weighted by atomic mass is 16.3. The number of rotatable bonds is 3. The van der Waals surface area contributed by atoms with Crippen molar-refractivity contribution in [2.75, 3.05) is 5.32 Å². The maximum atomic E-state index is 12.5. The van der Waals surface area contributed by atoms with Gasteiger partial charge >= 0.3 is 0 Å². The number of H-pyrrole nitrogens is 1. The molecule has 0 radical (unpaired) electrons. The lowest BCUT2D eigenvalue weighted by Gasteiger charge is -2.06. The monoisotopic (exact) mass is 292 g/mol. The van der Waals surface area contributed by atoms with E-state index in [1.165, 1.54) is 6.26 Å². The number of nitrogens with one attached hydrogen (secondary N) is 2. The van der Waals surface area contributed by atoms with Crippen LogP contribution < -0.4 is 5.32 Å². The van der Waals surface area contributed by atoms with Crippen molar-refractivity contribution >= 4 is 11.6 Å². The van der Waals surface area contributed by atoms with E-state index in [0.29, 0.717) is 34.0 Å². The van der Waals surface area contributed by atoms with Crippen LogP contribution in [0.4, 0.5) is 5.69 Å². The highest BCUT2D eigenvalue weighted by Crippen LogP contribution is 2.25. The SMILES string of the molecule is Cc1[nH]nc(-c2ccco2)c1C(=O)Nc1cccc(C#N)c1. The van der Waals surface area contributed by atoms with E-state index in [0.717, 1.165) is 0 Å². The normalized spacial score (nSPS) is 10.2. The first-order valence-electron chi connectivity index (χ1n) is 6.59.